The van der Waals surface area contributed by atoms with Gasteiger partial charge in [0.2, 0.25) is 0 Å². The third-order valence-electron chi connectivity index (χ3n) is 13.6. The zero-order chi connectivity index (χ0) is 51.6. The van der Waals surface area contributed by atoms with Gasteiger partial charge in [-0.3, -0.25) is 14.7 Å². The maximum absolute atomic E-state index is 10.9. The van der Waals surface area contributed by atoms with E-state index in [1.165, 1.54) is 28.8 Å². The number of nitrogens with two attached hydrogens (primary N) is 2. The molecule has 378 valence electrons. The SMILES string of the molecule is CB(O)N([B]C=O)c1ncc2ccc(CN3CCN([B]C=O)CC3)cc2c1Br.Nc1ncc2ccc(CN3CCNCC3)cc2c1-c1cc2ccccc2o1.Nc1ncc2ccc(CN3CCNCC3)cc2c1Br. The Labute approximate surface area is 450 Å². The molecule has 0 bridgehead atoms. The molecular weight excluding hydrogens is 1060 g/mol. The number of rotatable bonds is 13. The predicted molar refractivity (Wildman–Crippen MR) is 309 cm³/mol. The van der Waals surface area contributed by atoms with Crippen molar-refractivity contribution in [2.45, 2.75) is 26.5 Å². The predicted octanol–water partition coefficient (Wildman–Crippen LogP) is 6.27. The highest BCUT2D eigenvalue weighted by Gasteiger charge is 2.23. The van der Waals surface area contributed by atoms with Gasteiger partial charge >= 0.3 is 14.5 Å². The smallest absolute Gasteiger partial charge is 0.397 e. The van der Waals surface area contributed by atoms with E-state index < -0.39 is 7.05 Å². The first-order valence-corrected chi connectivity index (χ1v) is 26.6. The first kappa shape index (κ1) is 53.1. The molecule has 7 N–H and O–H groups in total. The van der Waals surface area contributed by atoms with Crippen LogP contribution in [0.15, 0.2) is 117 Å². The molecule has 4 aromatic heterocycles. The van der Waals surface area contributed by atoms with E-state index in [1.54, 1.807) is 20.4 Å². The quantitative estimate of drug-likeness (QED) is 0.0639. The minimum Gasteiger partial charge on any atom is -0.456 e. The number of aromatic nitrogens is 3. The van der Waals surface area contributed by atoms with Crippen molar-refractivity contribution >= 4 is 127 Å². The van der Waals surface area contributed by atoms with Gasteiger partial charge in [0.05, 0.1) is 20.7 Å². The number of furan rings is 1. The monoisotopic (exact) mass is 1120 g/mol. The van der Waals surface area contributed by atoms with Crippen LogP contribution in [0.5, 0.6) is 0 Å². The third-order valence-corrected chi connectivity index (χ3v) is 15.3. The molecule has 7 heterocycles. The number of nitrogens with zero attached hydrogens (tertiary/aromatic N) is 8. The van der Waals surface area contributed by atoms with E-state index in [-0.39, 0.29) is 0 Å². The number of nitrogens with one attached hydrogen (secondary N) is 2. The van der Waals surface area contributed by atoms with Gasteiger partial charge in [0.15, 0.2) is 0 Å². The minimum absolute atomic E-state index is 0.491. The molecule has 0 aliphatic carbocycles. The van der Waals surface area contributed by atoms with Gasteiger partial charge in [-0.15, -0.1) is 0 Å². The molecule has 8 aromatic rings. The lowest BCUT2D eigenvalue weighted by atomic mass is 9.73. The lowest BCUT2D eigenvalue weighted by Crippen LogP contribution is -2.47. The highest BCUT2D eigenvalue weighted by Crippen LogP contribution is 2.37. The third kappa shape index (κ3) is 13.0. The Bertz CT molecular complexity index is 3190. The molecule has 3 aliphatic rings. The van der Waals surface area contributed by atoms with Gasteiger partial charge in [-0.05, 0) is 91.1 Å². The Morgan fingerprint density at radius 2 is 1.16 bits per heavy atom. The zero-order valence-corrected chi connectivity index (χ0v) is 44.6. The van der Waals surface area contributed by atoms with Crippen molar-refractivity contribution in [2.75, 3.05) is 94.7 Å². The lowest BCUT2D eigenvalue weighted by Gasteiger charge is -2.33. The largest absolute Gasteiger partial charge is 0.456 e. The molecule has 3 fully saturated rings. The Morgan fingerprint density at radius 3 is 1.72 bits per heavy atom. The van der Waals surface area contributed by atoms with E-state index in [1.807, 2.05) is 53.6 Å². The molecule has 0 amide bonds. The minimum atomic E-state index is -0.880. The van der Waals surface area contributed by atoms with Crippen LogP contribution in [0.2, 0.25) is 6.82 Å². The number of fused-ring (bicyclic) bond motifs is 4. The lowest BCUT2D eigenvalue weighted by molar-refractivity contribution is 0.183. The number of benzene rings is 4. The van der Waals surface area contributed by atoms with Crippen LogP contribution in [-0.2, 0) is 29.2 Å². The van der Waals surface area contributed by atoms with E-state index >= 15 is 0 Å². The van der Waals surface area contributed by atoms with Crippen LogP contribution < -0.4 is 26.8 Å². The number of hydrogen-bond donors (Lipinski definition) is 5. The number of nitrogen functional groups attached to an aromatic ring is 2. The summed E-state index contributed by atoms with van der Waals surface area (Å²) in [6, 6.07) is 29.3. The summed E-state index contributed by atoms with van der Waals surface area (Å²) in [6.45, 7) is 16.4. The van der Waals surface area contributed by atoms with Gasteiger partial charge in [0.25, 0.3) is 7.41 Å². The summed E-state index contributed by atoms with van der Waals surface area (Å²) in [7, 11) is 1.99. The second-order valence-corrected chi connectivity index (χ2v) is 20.3. The van der Waals surface area contributed by atoms with Crippen molar-refractivity contribution in [3.05, 3.63) is 129 Å². The summed E-state index contributed by atoms with van der Waals surface area (Å²) in [5.74, 6) is 2.31. The number of para-hydroxylation sites is 1. The topological polar surface area (TPSA) is 198 Å². The highest BCUT2D eigenvalue weighted by atomic mass is 79.9. The number of pyridine rings is 3. The van der Waals surface area contributed by atoms with E-state index in [0.29, 0.717) is 23.6 Å². The highest BCUT2D eigenvalue weighted by molar-refractivity contribution is 9.11. The molecule has 0 saturated carbocycles. The Hall–Kier alpha value is -5.74. The summed E-state index contributed by atoms with van der Waals surface area (Å²) in [6.07, 6.45) is 6.86. The summed E-state index contributed by atoms with van der Waals surface area (Å²) < 4.78 is 9.14. The van der Waals surface area contributed by atoms with Crippen LogP contribution in [-0.4, -0.2) is 152 Å². The molecular formula is C53H59B3Br2N12O4. The molecule has 0 atom stereocenters. The van der Waals surface area contributed by atoms with Crippen LogP contribution in [0.4, 0.5) is 17.5 Å². The molecule has 3 saturated heterocycles. The zero-order valence-electron chi connectivity index (χ0n) is 41.5. The first-order valence-electron chi connectivity index (χ1n) is 25.0. The molecule has 2 radical (unpaired) electrons. The van der Waals surface area contributed by atoms with Crippen LogP contribution in [0.1, 0.15) is 16.7 Å². The van der Waals surface area contributed by atoms with Crippen molar-refractivity contribution in [1.29, 1.82) is 0 Å². The van der Waals surface area contributed by atoms with E-state index in [2.05, 4.69) is 121 Å². The fourth-order valence-electron chi connectivity index (χ4n) is 9.67. The summed E-state index contributed by atoms with van der Waals surface area (Å²) in [4.78, 5) is 43.8. The van der Waals surface area contributed by atoms with Gasteiger partial charge in [0.1, 0.15) is 35.0 Å². The van der Waals surface area contributed by atoms with Crippen LogP contribution in [0, 0.1) is 0 Å². The van der Waals surface area contributed by atoms with Crippen molar-refractivity contribution in [2.24, 2.45) is 0 Å². The van der Waals surface area contributed by atoms with Crippen LogP contribution in [0.25, 0.3) is 54.6 Å². The Kier molecular flexibility index (Phi) is 18.1. The number of hydrogen-bond acceptors (Lipinski definition) is 16. The molecule has 0 unspecified atom stereocenters. The number of carbonyl (C=O) groups excluding carboxylic acids is 2. The maximum Gasteiger partial charge on any atom is 0.397 e. The van der Waals surface area contributed by atoms with Gasteiger partial charge in [0, 0.05) is 149 Å². The Balaban J connectivity index is 0.000000139. The molecule has 4 aromatic carbocycles. The van der Waals surface area contributed by atoms with Gasteiger partial charge in [-0.1, -0.05) is 54.6 Å². The fraction of sp³-hybridized carbons (Fsp3) is 0.302. The number of carbonyl (C=O) groups is 2. The first-order chi connectivity index (χ1) is 36.0. The van der Waals surface area contributed by atoms with Crippen LogP contribution >= 0.6 is 31.9 Å². The summed E-state index contributed by atoms with van der Waals surface area (Å²) >= 11 is 7.13. The number of anilines is 3. The van der Waals surface area contributed by atoms with Crippen molar-refractivity contribution in [3.63, 3.8) is 0 Å². The second kappa shape index (κ2) is 25.2. The van der Waals surface area contributed by atoms with Gasteiger partial charge < -0.3 is 50.7 Å². The average molecular weight is 1120 g/mol. The van der Waals surface area contributed by atoms with E-state index in [4.69, 9.17) is 15.9 Å². The molecule has 0 spiro atoms. The van der Waals surface area contributed by atoms with Gasteiger partial charge in [-0.25, -0.2) is 15.0 Å². The standard InChI is InChI=1S/C22H22N4O.C17H20B3BrN4O3.C14H17BrN4/c23-22-21(20-12-16-3-1-2-4-19(16)27-20)18-11-15(5-6-17(18)13-25-22)14-26-9-7-24-8-10-26;1-20(28)25(19-12-27)17-16(21)15-8-13(2-3-14(15)9-22-17)10-23-4-6-24(7-5-23)18-11-26;15-13-12-7-10(9-19-5-3-17-4-6-19)1-2-11(12)8-18-14(13)16/h1-6,11-13,24H,7-10,14H2,(H2,23,25);2-3,8-9,11-12,28H,4-7,10H2,1H3;1-2,7-8,17H,3-6,9H2,(H2,16,18). The second-order valence-electron chi connectivity index (χ2n) is 18.8. The fourth-order valence-corrected chi connectivity index (χ4v) is 10.8. The summed E-state index contributed by atoms with van der Waals surface area (Å²) in [5.41, 5.74) is 17.6. The molecule has 16 nitrogen and oxygen atoms in total. The molecule has 3 aliphatic heterocycles. The van der Waals surface area contributed by atoms with Crippen molar-refractivity contribution < 1.29 is 19.0 Å². The molecule has 21 heteroatoms. The number of piperazine rings is 3. The normalized spacial score (nSPS) is 15.8. The van der Waals surface area contributed by atoms with Gasteiger partial charge in [-0.2, -0.15) is 0 Å². The maximum atomic E-state index is 10.9. The van der Waals surface area contributed by atoms with Crippen molar-refractivity contribution in [1.82, 2.24) is 45.1 Å². The van der Waals surface area contributed by atoms with E-state index in [0.717, 1.165) is 168 Å². The van der Waals surface area contributed by atoms with Crippen molar-refractivity contribution in [3.8, 4) is 11.3 Å². The molecule has 74 heavy (non-hydrogen) atoms. The average Bonchev–Trinajstić information content (AvgIpc) is 3.85. The number of halogens is 2. The van der Waals surface area contributed by atoms with E-state index in [9.17, 15) is 14.6 Å². The summed E-state index contributed by atoms with van der Waals surface area (Å²) in [5, 5.41) is 24.2. The Morgan fingerprint density at radius 1 is 0.649 bits per heavy atom. The molecule has 11 rings (SSSR count). The van der Waals surface area contributed by atoms with Crippen LogP contribution in [0.3, 0.4) is 0 Å².